The van der Waals surface area contributed by atoms with Gasteiger partial charge in [-0.1, -0.05) is 38.1 Å². The number of hydrogen-bond donors (Lipinski definition) is 1. The molecule has 1 atom stereocenters. The number of nitrogens with zero attached hydrogens (tertiary/aromatic N) is 1. The first-order chi connectivity index (χ1) is 8.67. The molecule has 18 heavy (non-hydrogen) atoms. The Kier molecular flexibility index (Phi) is 4.79. The van der Waals surface area contributed by atoms with Crippen LogP contribution in [0.3, 0.4) is 0 Å². The van der Waals surface area contributed by atoms with E-state index in [1.807, 2.05) is 0 Å². The Morgan fingerprint density at radius 3 is 2.44 bits per heavy atom. The van der Waals surface area contributed by atoms with Gasteiger partial charge in [0.15, 0.2) is 0 Å². The van der Waals surface area contributed by atoms with E-state index in [0.29, 0.717) is 5.92 Å². The van der Waals surface area contributed by atoms with Crippen molar-refractivity contribution < 1.29 is 0 Å². The van der Waals surface area contributed by atoms with Gasteiger partial charge in [0, 0.05) is 13.1 Å². The first kappa shape index (κ1) is 13.6. The normalized spacial score (nSPS) is 20.8. The van der Waals surface area contributed by atoms with Crippen LogP contribution in [0.4, 0.5) is 0 Å². The van der Waals surface area contributed by atoms with Crippen LogP contribution in [0.25, 0.3) is 0 Å². The van der Waals surface area contributed by atoms with Crippen molar-refractivity contribution in [3.05, 3.63) is 35.4 Å². The van der Waals surface area contributed by atoms with Crippen molar-refractivity contribution in [1.29, 1.82) is 0 Å². The van der Waals surface area contributed by atoms with E-state index in [9.17, 15) is 0 Å². The molecule has 1 aromatic carbocycles. The summed E-state index contributed by atoms with van der Waals surface area (Å²) in [7, 11) is 0. The lowest BCUT2D eigenvalue weighted by molar-refractivity contribution is 0.318. The quantitative estimate of drug-likeness (QED) is 0.865. The summed E-state index contributed by atoms with van der Waals surface area (Å²) in [6, 6.07) is 9.14. The Hall–Kier alpha value is -0.860. The summed E-state index contributed by atoms with van der Waals surface area (Å²) in [5, 5.41) is 0. The van der Waals surface area contributed by atoms with Gasteiger partial charge < -0.3 is 5.73 Å². The second kappa shape index (κ2) is 6.35. The Morgan fingerprint density at radius 2 is 1.89 bits per heavy atom. The maximum absolute atomic E-state index is 5.73. The van der Waals surface area contributed by atoms with Crippen LogP contribution < -0.4 is 5.73 Å². The van der Waals surface area contributed by atoms with E-state index in [1.54, 1.807) is 0 Å². The van der Waals surface area contributed by atoms with Crippen molar-refractivity contribution in [3.8, 4) is 0 Å². The predicted octanol–water partition coefficient (Wildman–Crippen LogP) is 2.67. The highest BCUT2D eigenvalue weighted by Crippen LogP contribution is 2.18. The fraction of sp³-hybridized carbons (Fsp3) is 0.625. The van der Waals surface area contributed by atoms with E-state index in [4.69, 9.17) is 5.73 Å². The predicted molar refractivity (Wildman–Crippen MR) is 77.4 cm³/mol. The molecule has 2 rings (SSSR count). The monoisotopic (exact) mass is 246 g/mol. The van der Waals surface area contributed by atoms with Gasteiger partial charge in [-0.05, 0) is 48.9 Å². The van der Waals surface area contributed by atoms with E-state index in [2.05, 4.69) is 43.0 Å². The van der Waals surface area contributed by atoms with E-state index in [1.165, 1.54) is 37.1 Å². The van der Waals surface area contributed by atoms with Gasteiger partial charge in [0.25, 0.3) is 0 Å². The van der Waals surface area contributed by atoms with Crippen LogP contribution in [0.15, 0.2) is 24.3 Å². The van der Waals surface area contributed by atoms with Crippen molar-refractivity contribution in [2.45, 2.75) is 33.2 Å². The topological polar surface area (TPSA) is 29.3 Å². The third-order valence-corrected chi connectivity index (χ3v) is 3.78. The highest BCUT2D eigenvalue weighted by Gasteiger charge is 2.20. The van der Waals surface area contributed by atoms with Crippen molar-refractivity contribution in [2.75, 3.05) is 19.6 Å². The van der Waals surface area contributed by atoms with Crippen LogP contribution in [0.1, 0.15) is 31.4 Å². The minimum absolute atomic E-state index is 0.713. The summed E-state index contributed by atoms with van der Waals surface area (Å²) in [6.45, 7) is 8.83. The summed E-state index contributed by atoms with van der Waals surface area (Å²) in [5.41, 5.74) is 8.61. The second-order valence-corrected chi connectivity index (χ2v) is 6.04. The molecular weight excluding hydrogens is 220 g/mol. The summed E-state index contributed by atoms with van der Waals surface area (Å²) >= 11 is 0. The molecule has 0 spiro atoms. The molecule has 0 radical (unpaired) electrons. The van der Waals surface area contributed by atoms with Crippen molar-refractivity contribution in [2.24, 2.45) is 17.6 Å². The molecular formula is C16H26N2. The highest BCUT2D eigenvalue weighted by atomic mass is 15.1. The first-order valence-electron chi connectivity index (χ1n) is 7.17. The van der Waals surface area contributed by atoms with E-state index in [0.717, 1.165) is 19.0 Å². The van der Waals surface area contributed by atoms with Gasteiger partial charge in [-0.15, -0.1) is 0 Å². The fourth-order valence-corrected chi connectivity index (χ4v) is 2.76. The van der Waals surface area contributed by atoms with Gasteiger partial charge in [-0.25, -0.2) is 0 Å². The van der Waals surface area contributed by atoms with Crippen molar-refractivity contribution >= 4 is 0 Å². The lowest BCUT2D eigenvalue weighted by atomic mass is 10.0. The highest BCUT2D eigenvalue weighted by molar-refractivity contribution is 5.22. The maximum atomic E-state index is 5.73. The lowest BCUT2D eigenvalue weighted by Gasteiger charge is -2.16. The van der Waals surface area contributed by atoms with Crippen LogP contribution in [0, 0.1) is 11.8 Å². The van der Waals surface area contributed by atoms with Gasteiger partial charge in [0.05, 0.1) is 0 Å². The van der Waals surface area contributed by atoms with Crippen LogP contribution in [0.2, 0.25) is 0 Å². The molecule has 2 heteroatoms. The zero-order valence-electron chi connectivity index (χ0n) is 11.7. The van der Waals surface area contributed by atoms with Gasteiger partial charge >= 0.3 is 0 Å². The average Bonchev–Trinajstić information content (AvgIpc) is 2.79. The minimum Gasteiger partial charge on any atom is -0.330 e. The van der Waals surface area contributed by atoms with E-state index < -0.39 is 0 Å². The molecule has 2 N–H and O–H groups in total. The number of hydrogen-bond acceptors (Lipinski definition) is 2. The molecule has 1 aliphatic rings. The number of rotatable bonds is 5. The average molecular weight is 246 g/mol. The van der Waals surface area contributed by atoms with Gasteiger partial charge in [-0.2, -0.15) is 0 Å². The van der Waals surface area contributed by atoms with Gasteiger partial charge in [0.1, 0.15) is 0 Å². The number of nitrogens with two attached hydrogens (primary N) is 1. The Bertz CT molecular complexity index is 356. The van der Waals surface area contributed by atoms with Crippen molar-refractivity contribution in [1.82, 2.24) is 4.90 Å². The van der Waals surface area contributed by atoms with Crippen LogP contribution in [-0.4, -0.2) is 24.5 Å². The standard InChI is InChI=1S/C16H26N2/c1-13(2)9-14-3-5-15(6-4-14)11-18-8-7-16(10-17)12-18/h3-6,13,16H,7-12,17H2,1-2H3. The summed E-state index contributed by atoms with van der Waals surface area (Å²) < 4.78 is 0. The smallest absolute Gasteiger partial charge is 0.0233 e. The molecule has 0 bridgehead atoms. The van der Waals surface area contributed by atoms with Crippen LogP contribution in [0.5, 0.6) is 0 Å². The summed E-state index contributed by atoms with van der Waals surface area (Å²) in [5.74, 6) is 1.45. The Labute approximate surface area is 111 Å². The zero-order chi connectivity index (χ0) is 13.0. The van der Waals surface area contributed by atoms with Gasteiger partial charge in [-0.3, -0.25) is 4.90 Å². The molecule has 1 fully saturated rings. The van der Waals surface area contributed by atoms with Crippen LogP contribution >= 0.6 is 0 Å². The van der Waals surface area contributed by atoms with E-state index in [-0.39, 0.29) is 0 Å². The Morgan fingerprint density at radius 1 is 1.22 bits per heavy atom. The second-order valence-electron chi connectivity index (χ2n) is 6.04. The molecule has 1 unspecified atom stereocenters. The Balaban J connectivity index is 1.87. The lowest BCUT2D eigenvalue weighted by Crippen LogP contribution is -2.22. The SMILES string of the molecule is CC(C)Cc1ccc(CN2CCC(CN)C2)cc1. The fourth-order valence-electron chi connectivity index (χ4n) is 2.76. The molecule has 2 nitrogen and oxygen atoms in total. The van der Waals surface area contributed by atoms with Crippen LogP contribution in [-0.2, 0) is 13.0 Å². The first-order valence-corrected chi connectivity index (χ1v) is 7.17. The molecule has 1 heterocycles. The third-order valence-electron chi connectivity index (χ3n) is 3.78. The molecule has 1 aliphatic heterocycles. The molecule has 0 saturated carbocycles. The molecule has 1 aromatic rings. The third kappa shape index (κ3) is 3.82. The number of likely N-dealkylation sites (tertiary alicyclic amines) is 1. The minimum atomic E-state index is 0.713. The molecule has 0 amide bonds. The van der Waals surface area contributed by atoms with Crippen molar-refractivity contribution in [3.63, 3.8) is 0 Å². The number of benzene rings is 1. The largest absolute Gasteiger partial charge is 0.330 e. The molecule has 0 aromatic heterocycles. The van der Waals surface area contributed by atoms with E-state index >= 15 is 0 Å². The zero-order valence-corrected chi connectivity index (χ0v) is 11.7. The summed E-state index contributed by atoms with van der Waals surface area (Å²) in [6.07, 6.45) is 2.45. The van der Waals surface area contributed by atoms with Gasteiger partial charge in [0.2, 0.25) is 0 Å². The summed E-state index contributed by atoms with van der Waals surface area (Å²) in [4.78, 5) is 2.52. The molecule has 0 aliphatic carbocycles. The molecule has 1 saturated heterocycles. The maximum Gasteiger partial charge on any atom is 0.0233 e. The molecule has 100 valence electrons.